The van der Waals surface area contributed by atoms with Crippen molar-refractivity contribution >= 4 is 46.6 Å². The molecule has 2 aromatic rings. The molecule has 0 aliphatic rings. The smallest absolute Gasteiger partial charge is 0.250 e. The van der Waals surface area contributed by atoms with Crippen LogP contribution in [0.25, 0.3) is 6.08 Å². The molecule has 0 aliphatic heterocycles. The number of hydrogen-bond donors (Lipinski definition) is 3. The normalized spacial score (nSPS) is 10.4. The van der Waals surface area contributed by atoms with E-state index >= 15 is 0 Å². The van der Waals surface area contributed by atoms with Crippen molar-refractivity contribution in [3.8, 4) is 0 Å². The van der Waals surface area contributed by atoms with Gasteiger partial charge in [0.25, 0.3) is 0 Å². The summed E-state index contributed by atoms with van der Waals surface area (Å²) in [6.07, 6.45) is 5.46. The maximum atomic E-state index is 11.9. The van der Waals surface area contributed by atoms with Gasteiger partial charge in [-0.3, -0.25) is 14.9 Å². The number of rotatable bonds is 7. The van der Waals surface area contributed by atoms with Crippen LogP contribution in [0, 0.1) is 0 Å². The Bertz CT molecular complexity index is 819. The van der Waals surface area contributed by atoms with Crippen LogP contribution in [0.3, 0.4) is 0 Å². The Hall–Kier alpha value is -2.99. The summed E-state index contributed by atoms with van der Waals surface area (Å²) in [7, 11) is 0. The van der Waals surface area contributed by atoms with Crippen molar-refractivity contribution in [3.05, 3.63) is 66.2 Å². The van der Waals surface area contributed by atoms with Gasteiger partial charge in [0.1, 0.15) is 0 Å². The summed E-state index contributed by atoms with van der Waals surface area (Å²) < 4.78 is 0. The van der Waals surface area contributed by atoms with Crippen LogP contribution in [0.4, 0.5) is 11.4 Å². The summed E-state index contributed by atoms with van der Waals surface area (Å²) in [5.41, 5.74) is 2.29. The molecule has 5 nitrogen and oxygen atoms in total. The lowest BCUT2D eigenvalue weighted by Crippen LogP contribution is -2.32. The fourth-order valence-electron chi connectivity index (χ4n) is 2.29. The lowest BCUT2D eigenvalue weighted by molar-refractivity contribution is -0.116. The van der Waals surface area contributed by atoms with Crippen LogP contribution in [0.15, 0.2) is 60.7 Å². The highest BCUT2D eigenvalue weighted by Gasteiger charge is 2.05. The first-order chi connectivity index (χ1) is 13.1. The number of unbranched alkanes of at least 4 members (excludes halogenated alkanes) is 1. The zero-order valence-corrected chi connectivity index (χ0v) is 16.0. The molecule has 2 rings (SSSR count). The fraction of sp³-hybridized carbons (Fsp3) is 0.190. The van der Waals surface area contributed by atoms with Crippen LogP contribution in [0.1, 0.15) is 31.7 Å². The van der Waals surface area contributed by atoms with E-state index in [1.807, 2.05) is 37.3 Å². The van der Waals surface area contributed by atoms with Crippen LogP contribution >= 0.6 is 12.2 Å². The van der Waals surface area contributed by atoms with Crippen LogP contribution in [0.5, 0.6) is 0 Å². The second-order valence-corrected chi connectivity index (χ2v) is 6.33. The summed E-state index contributed by atoms with van der Waals surface area (Å²) in [4.78, 5) is 23.8. The van der Waals surface area contributed by atoms with Crippen LogP contribution in [0.2, 0.25) is 0 Å². The van der Waals surface area contributed by atoms with E-state index in [1.165, 1.54) is 6.08 Å². The van der Waals surface area contributed by atoms with Gasteiger partial charge >= 0.3 is 0 Å². The molecule has 0 aromatic heterocycles. The Morgan fingerprint density at radius 3 is 2.41 bits per heavy atom. The molecule has 0 heterocycles. The maximum Gasteiger partial charge on any atom is 0.250 e. The van der Waals surface area contributed by atoms with Gasteiger partial charge in [0.05, 0.1) is 0 Å². The zero-order chi connectivity index (χ0) is 19.5. The number of benzene rings is 2. The van der Waals surface area contributed by atoms with Crippen molar-refractivity contribution < 1.29 is 9.59 Å². The van der Waals surface area contributed by atoms with E-state index in [-0.39, 0.29) is 16.9 Å². The molecule has 0 aliphatic carbocycles. The third-order valence-corrected chi connectivity index (χ3v) is 3.83. The van der Waals surface area contributed by atoms with Crippen molar-refractivity contribution in [3.63, 3.8) is 0 Å². The Morgan fingerprint density at radius 2 is 1.70 bits per heavy atom. The van der Waals surface area contributed by atoms with Crippen molar-refractivity contribution in [1.29, 1.82) is 0 Å². The van der Waals surface area contributed by atoms with E-state index in [2.05, 4.69) is 16.0 Å². The number of hydrogen-bond acceptors (Lipinski definition) is 3. The third-order valence-electron chi connectivity index (χ3n) is 3.63. The zero-order valence-electron chi connectivity index (χ0n) is 15.2. The Morgan fingerprint density at radius 1 is 1.00 bits per heavy atom. The van der Waals surface area contributed by atoms with E-state index in [0.717, 1.165) is 18.4 Å². The number of amides is 2. The summed E-state index contributed by atoms with van der Waals surface area (Å²) in [6.45, 7) is 2.04. The molecule has 3 N–H and O–H groups in total. The monoisotopic (exact) mass is 381 g/mol. The molecule has 0 atom stereocenters. The van der Waals surface area contributed by atoms with Gasteiger partial charge in [-0.15, -0.1) is 0 Å². The van der Waals surface area contributed by atoms with Gasteiger partial charge in [-0.1, -0.05) is 49.7 Å². The molecule has 0 spiro atoms. The number of carbonyl (C=O) groups is 2. The average Bonchev–Trinajstić information content (AvgIpc) is 2.65. The number of carbonyl (C=O) groups excluding carboxylic acids is 2. The number of thiocarbonyl (C=S) groups is 1. The molecule has 0 fully saturated rings. The first kappa shape index (κ1) is 20.3. The molecule has 2 aromatic carbocycles. The van der Waals surface area contributed by atoms with Crippen molar-refractivity contribution in [2.45, 2.75) is 26.2 Å². The molecule has 0 unspecified atom stereocenters. The number of nitrogens with one attached hydrogen (secondary N) is 3. The molecule has 0 bridgehead atoms. The highest BCUT2D eigenvalue weighted by Crippen LogP contribution is 2.15. The topological polar surface area (TPSA) is 70.2 Å². The lowest BCUT2D eigenvalue weighted by atomic mass is 10.2. The third kappa shape index (κ3) is 7.83. The van der Waals surface area contributed by atoms with Crippen molar-refractivity contribution in [2.75, 3.05) is 10.6 Å². The summed E-state index contributed by atoms with van der Waals surface area (Å²) >= 11 is 5.17. The van der Waals surface area contributed by atoms with Gasteiger partial charge in [-0.05, 0) is 48.5 Å². The SMILES string of the molecule is CCCCC(=O)Nc1cccc(NC(=S)NC(=O)C=Cc2ccccc2)c1. The van der Waals surface area contributed by atoms with Crippen LogP contribution in [-0.2, 0) is 9.59 Å². The fourth-order valence-corrected chi connectivity index (χ4v) is 2.51. The number of anilines is 2. The largest absolute Gasteiger partial charge is 0.332 e. The maximum absolute atomic E-state index is 11.9. The quantitative estimate of drug-likeness (QED) is 0.493. The van der Waals surface area contributed by atoms with E-state index < -0.39 is 0 Å². The highest BCUT2D eigenvalue weighted by molar-refractivity contribution is 7.80. The first-order valence-corrected chi connectivity index (χ1v) is 9.22. The second kappa shape index (κ2) is 10.9. The van der Waals surface area contributed by atoms with Crippen molar-refractivity contribution in [1.82, 2.24) is 5.32 Å². The minimum Gasteiger partial charge on any atom is -0.332 e. The van der Waals surface area contributed by atoms with E-state index in [1.54, 1.807) is 30.3 Å². The summed E-state index contributed by atoms with van der Waals surface area (Å²) in [5.74, 6) is -0.337. The van der Waals surface area contributed by atoms with Gasteiger partial charge in [0.2, 0.25) is 11.8 Å². The van der Waals surface area contributed by atoms with Gasteiger partial charge in [-0.2, -0.15) is 0 Å². The summed E-state index contributed by atoms with van der Waals surface area (Å²) in [6, 6.07) is 16.7. The van der Waals surface area contributed by atoms with Crippen LogP contribution in [-0.4, -0.2) is 16.9 Å². The van der Waals surface area contributed by atoms with Gasteiger partial charge < -0.3 is 10.6 Å². The molecular weight excluding hydrogens is 358 g/mol. The molecule has 0 saturated heterocycles. The van der Waals surface area contributed by atoms with E-state index in [0.29, 0.717) is 17.8 Å². The predicted octanol–water partition coefficient (Wildman–Crippen LogP) is 4.34. The molecule has 140 valence electrons. The molecular formula is C21H23N3O2S. The van der Waals surface area contributed by atoms with E-state index in [9.17, 15) is 9.59 Å². The van der Waals surface area contributed by atoms with Crippen LogP contribution < -0.4 is 16.0 Å². The Labute approximate surface area is 164 Å². The molecule has 0 saturated carbocycles. The molecule has 6 heteroatoms. The highest BCUT2D eigenvalue weighted by atomic mass is 32.1. The average molecular weight is 382 g/mol. The van der Waals surface area contributed by atoms with Gasteiger partial charge in [0, 0.05) is 23.9 Å². The van der Waals surface area contributed by atoms with Crippen molar-refractivity contribution in [2.24, 2.45) is 0 Å². The lowest BCUT2D eigenvalue weighted by Gasteiger charge is -2.10. The standard InChI is InChI=1S/C21H23N3O2S/c1-2-3-12-19(25)22-17-10-7-11-18(15-17)23-21(27)24-20(26)14-13-16-8-5-4-6-9-16/h4-11,13-15H,2-3,12H2,1H3,(H,22,25)(H2,23,24,26,27). The predicted molar refractivity (Wildman–Crippen MR) is 114 cm³/mol. The Balaban J connectivity index is 1.86. The van der Waals surface area contributed by atoms with E-state index in [4.69, 9.17) is 12.2 Å². The van der Waals surface area contributed by atoms with Gasteiger partial charge in [0.15, 0.2) is 5.11 Å². The first-order valence-electron chi connectivity index (χ1n) is 8.82. The summed E-state index contributed by atoms with van der Waals surface area (Å²) in [5, 5.41) is 8.57. The minimum atomic E-state index is -0.319. The van der Waals surface area contributed by atoms with Gasteiger partial charge in [-0.25, -0.2) is 0 Å². The second-order valence-electron chi connectivity index (χ2n) is 5.92. The Kier molecular flexibility index (Phi) is 8.19. The molecule has 27 heavy (non-hydrogen) atoms. The minimum absolute atomic E-state index is 0.0177. The molecule has 2 amide bonds. The molecule has 0 radical (unpaired) electrons.